The number of nitriles is 3. The molecular weight excluding hydrogens is 432 g/mol. The van der Waals surface area contributed by atoms with Gasteiger partial charge >= 0.3 is 0 Å². The Morgan fingerprint density at radius 1 is 0.900 bits per heavy atom. The Balaban J connectivity index is 1.72. The molecule has 2 N–H and O–H groups in total. The fraction of sp³-hybridized carbons (Fsp3) is 0.286. The molecule has 1 saturated carbocycles. The Morgan fingerprint density at radius 3 is 2.33 bits per heavy atom. The van der Waals surface area contributed by atoms with Gasteiger partial charge in [-0.25, -0.2) is 9.98 Å². The van der Waals surface area contributed by atoms with Crippen LogP contribution >= 0.6 is 34.0 Å². The highest BCUT2D eigenvalue weighted by atomic mass is 32.1. The maximum Gasteiger partial charge on any atom is 0.219 e. The van der Waals surface area contributed by atoms with E-state index in [0.29, 0.717) is 0 Å². The van der Waals surface area contributed by atoms with Crippen molar-refractivity contribution in [3.63, 3.8) is 0 Å². The van der Waals surface area contributed by atoms with Crippen LogP contribution < -0.4 is 5.73 Å². The predicted molar refractivity (Wildman–Crippen MR) is 122 cm³/mol. The van der Waals surface area contributed by atoms with E-state index in [2.05, 4.69) is 16.1 Å². The summed E-state index contributed by atoms with van der Waals surface area (Å²) in [4.78, 5) is 11.0. The van der Waals surface area contributed by atoms with E-state index in [0.717, 1.165) is 22.8 Å². The molecule has 0 atom stereocenters. The molecule has 2 aliphatic rings. The number of thiophene rings is 3. The first kappa shape index (κ1) is 19.0. The van der Waals surface area contributed by atoms with Crippen molar-refractivity contribution in [3.8, 4) is 28.0 Å². The van der Waals surface area contributed by atoms with Gasteiger partial charge in [-0.1, -0.05) is 19.3 Å². The van der Waals surface area contributed by atoms with Crippen LogP contribution in [0.1, 0.15) is 43.2 Å². The molecule has 3 heterocycles. The van der Waals surface area contributed by atoms with Gasteiger partial charge in [0.2, 0.25) is 11.5 Å². The Hall–Kier alpha value is -3.03. The number of nitrogens with two attached hydrogens (primary N) is 1. The molecule has 6 nitrogen and oxygen atoms in total. The van der Waals surface area contributed by atoms with Gasteiger partial charge in [0.25, 0.3) is 0 Å². The molecule has 0 saturated heterocycles. The number of aliphatic imine (C=N–C) groups is 2. The zero-order valence-corrected chi connectivity index (χ0v) is 18.2. The molecule has 0 amide bonds. The van der Waals surface area contributed by atoms with Crippen molar-refractivity contribution in [2.24, 2.45) is 15.7 Å². The van der Waals surface area contributed by atoms with Gasteiger partial charge in [-0.05, 0) is 30.5 Å². The highest BCUT2D eigenvalue weighted by Gasteiger charge is 2.48. The molecular formula is C21H14N6S3. The van der Waals surface area contributed by atoms with E-state index in [1.807, 2.05) is 24.3 Å². The molecule has 146 valence electrons. The first-order valence-corrected chi connectivity index (χ1v) is 11.9. The lowest BCUT2D eigenvalue weighted by atomic mass is 9.68. The van der Waals surface area contributed by atoms with Gasteiger partial charge in [-0.3, -0.25) is 0 Å². The summed E-state index contributed by atoms with van der Waals surface area (Å²) in [5.74, 6) is -0.0275. The van der Waals surface area contributed by atoms with Crippen LogP contribution in [0.15, 0.2) is 22.1 Å². The van der Waals surface area contributed by atoms with Crippen LogP contribution in [0.2, 0.25) is 0 Å². The standard InChI is InChI=1S/C21H14N6S3/c22-8-11(9-23)26-15-6-12-18(29-15)20-17(21(12)4-2-1-3-5-21)19-13(28-20)7-16(30-19)27-14(25)10-24/h6-7H,1-5H2,(H2,25,27). The third-order valence-corrected chi connectivity index (χ3v) is 9.26. The number of nitrogens with zero attached hydrogens (tertiary/aromatic N) is 5. The molecule has 0 bridgehead atoms. The molecule has 30 heavy (non-hydrogen) atoms. The second kappa shape index (κ2) is 7.04. The van der Waals surface area contributed by atoms with Crippen molar-refractivity contribution in [2.45, 2.75) is 37.5 Å². The van der Waals surface area contributed by atoms with Gasteiger partial charge in [-0.2, -0.15) is 15.8 Å². The van der Waals surface area contributed by atoms with Crippen LogP contribution in [0.3, 0.4) is 0 Å². The van der Waals surface area contributed by atoms with Gasteiger partial charge in [0.05, 0.1) is 14.5 Å². The second-order valence-electron chi connectivity index (χ2n) is 7.35. The van der Waals surface area contributed by atoms with Gasteiger partial charge in [0.15, 0.2) is 0 Å². The molecule has 0 aliphatic heterocycles. The topological polar surface area (TPSA) is 122 Å². The number of hydrogen-bond donors (Lipinski definition) is 1. The Kier molecular flexibility index (Phi) is 4.45. The summed E-state index contributed by atoms with van der Waals surface area (Å²) in [6, 6.07) is 9.68. The van der Waals surface area contributed by atoms with E-state index >= 15 is 0 Å². The van der Waals surface area contributed by atoms with Crippen molar-refractivity contribution in [2.75, 3.05) is 0 Å². The van der Waals surface area contributed by atoms with Crippen LogP contribution in [0.5, 0.6) is 0 Å². The Bertz CT molecular complexity index is 1360. The largest absolute Gasteiger partial charge is 0.375 e. The maximum atomic E-state index is 9.07. The van der Waals surface area contributed by atoms with Crippen LogP contribution in [0, 0.1) is 34.0 Å². The molecule has 3 aromatic heterocycles. The quantitative estimate of drug-likeness (QED) is 0.389. The monoisotopic (exact) mass is 446 g/mol. The predicted octanol–water partition coefficient (Wildman–Crippen LogP) is 5.89. The lowest BCUT2D eigenvalue weighted by molar-refractivity contribution is 0.356. The number of fused-ring (bicyclic) bond motifs is 7. The third kappa shape index (κ3) is 2.69. The van der Waals surface area contributed by atoms with E-state index < -0.39 is 0 Å². The zero-order chi connectivity index (χ0) is 20.9. The lowest BCUT2D eigenvalue weighted by Gasteiger charge is -2.34. The molecule has 5 rings (SSSR count). The average Bonchev–Trinajstić information content (AvgIpc) is 3.47. The summed E-state index contributed by atoms with van der Waals surface area (Å²) in [6.07, 6.45) is 5.74. The Labute approximate surface area is 184 Å². The molecule has 0 radical (unpaired) electrons. The molecule has 1 fully saturated rings. The summed E-state index contributed by atoms with van der Waals surface area (Å²) < 4.78 is 2.41. The maximum absolute atomic E-state index is 9.07. The summed E-state index contributed by atoms with van der Waals surface area (Å²) in [6.45, 7) is 0. The van der Waals surface area contributed by atoms with E-state index in [4.69, 9.17) is 21.5 Å². The summed E-state index contributed by atoms with van der Waals surface area (Å²) in [7, 11) is 0. The average molecular weight is 447 g/mol. The Morgan fingerprint density at radius 2 is 1.63 bits per heavy atom. The van der Waals surface area contributed by atoms with Crippen molar-refractivity contribution in [3.05, 3.63) is 23.3 Å². The molecule has 0 aromatic carbocycles. The second-order valence-corrected chi connectivity index (χ2v) is 10.5. The zero-order valence-electron chi connectivity index (χ0n) is 15.7. The number of rotatable bonds is 2. The van der Waals surface area contributed by atoms with Gasteiger partial charge < -0.3 is 5.73 Å². The van der Waals surface area contributed by atoms with Crippen molar-refractivity contribution < 1.29 is 0 Å². The van der Waals surface area contributed by atoms with Gasteiger partial charge in [-0.15, -0.1) is 34.0 Å². The molecule has 3 aromatic rings. The summed E-state index contributed by atoms with van der Waals surface area (Å²) >= 11 is 4.91. The summed E-state index contributed by atoms with van der Waals surface area (Å²) in [5, 5.41) is 28.6. The van der Waals surface area contributed by atoms with Gasteiger partial charge in [0.1, 0.15) is 28.2 Å². The normalized spacial score (nSPS) is 16.5. The third-order valence-electron chi connectivity index (χ3n) is 5.76. The van der Waals surface area contributed by atoms with Crippen LogP contribution in [0.25, 0.3) is 19.2 Å². The lowest BCUT2D eigenvalue weighted by Crippen LogP contribution is -2.27. The highest BCUT2D eigenvalue weighted by Crippen LogP contribution is 2.64. The first-order valence-electron chi connectivity index (χ1n) is 9.44. The van der Waals surface area contributed by atoms with E-state index in [1.54, 1.807) is 34.0 Å². The van der Waals surface area contributed by atoms with Crippen molar-refractivity contribution in [1.29, 1.82) is 15.8 Å². The minimum absolute atomic E-state index is 0.0275. The molecule has 2 aliphatic carbocycles. The molecule has 1 spiro atoms. The minimum atomic E-state index is -0.113. The minimum Gasteiger partial charge on any atom is -0.375 e. The smallest absolute Gasteiger partial charge is 0.219 e. The van der Waals surface area contributed by atoms with E-state index in [-0.39, 0.29) is 17.0 Å². The van der Waals surface area contributed by atoms with Crippen molar-refractivity contribution in [1.82, 2.24) is 0 Å². The first-order chi connectivity index (χ1) is 14.6. The van der Waals surface area contributed by atoms with Crippen molar-refractivity contribution >= 4 is 65.0 Å². The van der Waals surface area contributed by atoms with Crippen LogP contribution in [-0.4, -0.2) is 11.5 Å². The van der Waals surface area contributed by atoms with Crippen LogP contribution in [-0.2, 0) is 5.41 Å². The van der Waals surface area contributed by atoms with E-state index in [1.165, 1.54) is 49.5 Å². The van der Waals surface area contributed by atoms with E-state index in [9.17, 15) is 0 Å². The number of amidine groups is 1. The summed E-state index contributed by atoms with van der Waals surface area (Å²) in [5.41, 5.74) is 8.14. The SMILES string of the molecule is N#CC(N)=Nc1cc2sc3c(c2s1)C1(CCCCC1)c1cc(N=C(C#N)C#N)sc1-3. The fourth-order valence-corrected chi connectivity index (χ4v) is 8.62. The number of hydrogen-bond acceptors (Lipinski definition) is 8. The highest BCUT2D eigenvalue weighted by molar-refractivity contribution is 7.33. The molecule has 0 unspecified atom stereocenters. The van der Waals surface area contributed by atoms with Gasteiger partial charge in [0, 0.05) is 15.7 Å². The van der Waals surface area contributed by atoms with Crippen LogP contribution in [0.4, 0.5) is 10.0 Å². The molecule has 9 heteroatoms. The fourth-order valence-electron chi connectivity index (χ4n) is 4.62.